The number of aromatic amines is 1. The lowest BCUT2D eigenvalue weighted by Gasteiger charge is -2.03. The second kappa shape index (κ2) is 4.44. The number of nitro groups is 1. The zero-order valence-electron chi connectivity index (χ0n) is 8.58. The van der Waals surface area contributed by atoms with Crippen molar-refractivity contribution in [3.05, 3.63) is 52.3 Å². The predicted octanol–water partition coefficient (Wildman–Crippen LogP) is 1.57. The van der Waals surface area contributed by atoms with Gasteiger partial charge in [-0.2, -0.15) is 5.10 Å². The van der Waals surface area contributed by atoms with Gasteiger partial charge < -0.3 is 5.32 Å². The number of nitro benzene ring substituents is 1. The normalized spacial score (nSPS) is 9.88. The lowest BCUT2D eigenvalue weighted by Crippen LogP contribution is -2.12. The summed E-state index contributed by atoms with van der Waals surface area (Å²) in [7, 11) is 0. The zero-order valence-corrected chi connectivity index (χ0v) is 8.58. The summed E-state index contributed by atoms with van der Waals surface area (Å²) in [5.74, 6) is -0.451. The fraction of sp³-hybridized carbons (Fsp3) is 0. The number of aromatic nitrogens is 2. The molecule has 86 valence electrons. The molecule has 1 heterocycles. The van der Waals surface area contributed by atoms with Crippen LogP contribution in [0.5, 0.6) is 0 Å². The summed E-state index contributed by atoms with van der Waals surface area (Å²) in [6, 6.07) is 5.94. The summed E-state index contributed by atoms with van der Waals surface area (Å²) in [4.78, 5) is 21.8. The highest BCUT2D eigenvalue weighted by Crippen LogP contribution is 2.23. The molecule has 7 heteroatoms. The van der Waals surface area contributed by atoms with Gasteiger partial charge in [0.2, 0.25) is 0 Å². The van der Waals surface area contributed by atoms with Crippen LogP contribution >= 0.6 is 0 Å². The van der Waals surface area contributed by atoms with Gasteiger partial charge in [-0.25, -0.2) is 0 Å². The Balaban J connectivity index is 2.25. The molecule has 0 aliphatic carbocycles. The third-order valence-corrected chi connectivity index (χ3v) is 2.11. The van der Waals surface area contributed by atoms with Crippen molar-refractivity contribution in [2.45, 2.75) is 0 Å². The Morgan fingerprint density at radius 2 is 2.18 bits per heavy atom. The lowest BCUT2D eigenvalue weighted by atomic mass is 10.2. The topological polar surface area (TPSA) is 101 Å². The summed E-state index contributed by atoms with van der Waals surface area (Å²) in [6.07, 6.45) is 2.74. The molecule has 17 heavy (non-hydrogen) atoms. The molecule has 0 bridgehead atoms. The molecule has 0 saturated carbocycles. The van der Waals surface area contributed by atoms with Gasteiger partial charge in [-0.1, -0.05) is 12.1 Å². The number of para-hydroxylation sites is 2. The minimum Gasteiger partial charge on any atom is -0.316 e. The van der Waals surface area contributed by atoms with E-state index in [1.54, 1.807) is 6.07 Å². The first-order valence-electron chi connectivity index (χ1n) is 4.72. The first-order valence-corrected chi connectivity index (χ1v) is 4.72. The number of amides is 1. The average Bonchev–Trinajstić information content (AvgIpc) is 2.83. The SMILES string of the molecule is O=C(Nc1ccccc1[N+](=O)[O-])c1cn[nH]c1. The van der Waals surface area contributed by atoms with Crippen LogP contribution in [-0.4, -0.2) is 21.0 Å². The van der Waals surface area contributed by atoms with Crippen molar-refractivity contribution in [1.29, 1.82) is 0 Å². The number of H-pyrrole nitrogens is 1. The van der Waals surface area contributed by atoms with E-state index < -0.39 is 10.8 Å². The monoisotopic (exact) mass is 232 g/mol. The van der Waals surface area contributed by atoms with Gasteiger partial charge in [0.25, 0.3) is 11.6 Å². The number of hydrogen-bond donors (Lipinski definition) is 2. The van der Waals surface area contributed by atoms with Gasteiger partial charge >= 0.3 is 0 Å². The Hall–Kier alpha value is -2.70. The van der Waals surface area contributed by atoms with E-state index in [1.165, 1.54) is 30.6 Å². The van der Waals surface area contributed by atoms with E-state index in [-0.39, 0.29) is 11.4 Å². The summed E-state index contributed by atoms with van der Waals surface area (Å²) in [5.41, 5.74) is 0.316. The van der Waals surface area contributed by atoms with Crippen molar-refractivity contribution in [3.8, 4) is 0 Å². The maximum absolute atomic E-state index is 11.7. The van der Waals surface area contributed by atoms with Crippen LogP contribution in [-0.2, 0) is 0 Å². The van der Waals surface area contributed by atoms with Gasteiger partial charge in [-0.3, -0.25) is 20.0 Å². The molecule has 0 unspecified atom stereocenters. The lowest BCUT2D eigenvalue weighted by molar-refractivity contribution is -0.383. The Morgan fingerprint density at radius 3 is 2.82 bits per heavy atom. The molecule has 7 nitrogen and oxygen atoms in total. The van der Waals surface area contributed by atoms with Gasteiger partial charge in [0.15, 0.2) is 0 Å². The Morgan fingerprint density at radius 1 is 1.41 bits per heavy atom. The molecule has 0 radical (unpaired) electrons. The largest absolute Gasteiger partial charge is 0.316 e. The Labute approximate surface area is 95.6 Å². The van der Waals surface area contributed by atoms with E-state index in [1.807, 2.05) is 0 Å². The van der Waals surface area contributed by atoms with Crippen LogP contribution in [0.15, 0.2) is 36.7 Å². The van der Waals surface area contributed by atoms with Gasteiger partial charge in [0.1, 0.15) is 5.69 Å². The van der Waals surface area contributed by atoms with E-state index in [0.717, 1.165) is 0 Å². The number of rotatable bonds is 3. The summed E-state index contributed by atoms with van der Waals surface area (Å²) < 4.78 is 0. The maximum atomic E-state index is 11.7. The minimum atomic E-state index is -0.551. The van der Waals surface area contributed by atoms with Crippen LogP contribution in [0.3, 0.4) is 0 Å². The van der Waals surface area contributed by atoms with E-state index in [0.29, 0.717) is 5.56 Å². The average molecular weight is 232 g/mol. The molecule has 0 saturated heterocycles. The maximum Gasteiger partial charge on any atom is 0.292 e. The summed E-state index contributed by atoms with van der Waals surface area (Å²) in [6.45, 7) is 0. The van der Waals surface area contributed by atoms with Gasteiger partial charge in [0, 0.05) is 12.3 Å². The fourth-order valence-corrected chi connectivity index (χ4v) is 1.31. The van der Waals surface area contributed by atoms with E-state index in [9.17, 15) is 14.9 Å². The highest BCUT2D eigenvalue weighted by atomic mass is 16.6. The summed E-state index contributed by atoms with van der Waals surface area (Å²) >= 11 is 0. The minimum absolute atomic E-state index is 0.149. The Kier molecular flexibility index (Phi) is 2.82. The smallest absolute Gasteiger partial charge is 0.292 e. The number of anilines is 1. The first kappa shape index (κ1) is 10.8. The molecular weight excluding hydrogens is 224 g/mol. The molecule has 1 amide bonds. The number of nitrogens with one attached hydrogen (secondary N) is 2. The van der Waals surface area contributed by atoms with E-state index >= 15 is 0 Å². The highest BCUT2D eigenvalue weighted by molar-refractivity contribution is 6.05. The third-order valence-electron chi connectivity index (χ3n) is 2.11. The van der Waals surface area contributed by atoms with Crippen LogP contribution < -0.4 is 5.32 Å². The molecule has 0 aliphatic rings. The van der Waals surface area contributed by atoms with Crippen LogP contribution in [0, 0.1) is 10.1 Å². The van der Waals surface area contributed by atoms with Crippen LogP contribution in [0.1, 0.15) is 10.4 Å². The molecular formula is C10H8N4O3. The van der Waals surface area contributed by atoms with Crippen LogP contribution in [0.2, 0.25) is 0 Å². The Bertz CT molecular complexity index is 550. The first-order chi connectivity index (χ1) is 8.18. The summed E-state index contributed by atoms with van der Waals surface area (Å²) in [5, 5.41) is 19.3. The molecule has 2 aromatic rings. The van der Waals surface area contributed by atoms with Crippen molar-refractivity contribution in [1.82, 2.24) is 10.2 Å². The van der Waals surface area contributed by atoms with Crippen molar-refractivity contribution >= 4 is 17.3 Å². The molecule has 1 aromatic heterocycles. The van der Waals surface area contributed by atoms with Gasteiger partial charge in [-0.05, 0) is 6.07 Å². The van der Waals surface area contributed by atoms with Crippen LogP contribution in [0.4, 0.5) is 11.4 Å². The molecule has 0 spiro atoms. The highest BCUT2D eigenvalue weighted by Gasteiger charge is 2.15. The molecule has 2 rings (SSSR count). The van der Waals surface area contributed by atoms with Crippen molar-refractivity contribution < 1.29 is 9.72 Å². The second-order valence-corrected chi connectivity index (χ2v) is 3.22. The van der Waals surface area contributed by atoms with Crippen molar-refractivity contribution in [2.75, 3.05) is 5.32 Å². The predicted molar refractivity (Wildman–Crippen MR) is 59.6 cm³/mol. The van der Waals surface area contributed by atoms with E-state index in [4.69, 9.17) is 0 Å². The van der Waals surface area contributed by atoms with Gasteiger partial charge in [-0.15, -0.1) is 0 Å². The molecule has 0 fully saturated rings. The number of nitrogens with zero attached hydrogens (tertiary/aromatic N) is 2. The van der Waals surface area contributed by atoms with Crippen LogP contribution in [0.25, 0.3) is 0 Å². The second-order valence-electron chi connectivity index (χ2n) is 3.22. The van der Waals surface area contributed by atoms with Crippen molar-refractivity contribution in [3.63, 3.8) is 0 Å². The molecule has 2 N–H and O–H groups in total. The number of carbonyl (C=O) groups is 1. The van der Waals surface area contributed by atoms with Gasteiger partial charge in [0.05, 0.1) is 16.7 Å². The third kappa shape index (κ3) is 2.28. The van der Waals surface area contributed by atoms with E-state index in [2.05, 4.69) is 15.5 Å². The molecule has 0 atom stereocenters. The number of hydrogen-bond acceptors (Lipinski definition) is 4. The zero-order chi connectivity index (χ0) is 12.3. The number of carbonyl (C=O) groups excluding carboxylic acids is 1. The fourth-order valence-electron chi connectivity index (χ4n) is 1.31. The standard InChI is InChI=1S/C10H8N4O3/c15-10(7-5-11-12-6-7)13-8-3-1-2-4-9(8)14(16)17/h1-6H,(H,11,12)(H,13,15). The molecule has 0 aliphatic heterocycles. The quantitative estimate of drug-likeness (QED) is 0.619. The molecule has 1 aromatic carbocycles. The van der Waals surface area contributed by atoms with Crippen molar-refractivity contribution in [2.24, 2.45) is 0 Å². The number of benzene rings is 1.